The van der Waals surface area contributed by atoms with Gasteiger partial charge in [-0.1, -0.05) is 5.11 Å². The molecular formula is C8H13N3O3. The third kappa shape index (κ3) is 2.61. The van der Waals surface area contributed by atoms with Gasteiger partial charge in [-0.25, -0.2) is 0 Å². The molecule has 0 saturated heterocycles. The molecule has 6 heteroatoms. The van der Waals surface area contributed by atoms with Crippen LogP contribution in [0.2, 0.25) is 0 Å². The van der Waals surface area contributed by atoms with Crippen molar-refractivity contribution in [2.45, 2.75) is 31.9 Å². The highest BCUT2D eigenvalue weighted by Crippen LogP contribution is 2.34. The van der Waals surface area contributed by atoms with Crippen molar-refractivity contribution in [2.75, 3.05) is 6.61 Å². The van der Waals surface area contributed by atoms with E-state index in [0.29, 0.717) is 0 Å². The Morgan fingerprint density at radius 1 is 1.79 bits per heavy atom. The first-order valence-corrected chi connectivity index (χ1v) is 4.59. The summed E-state index contributed by atoms with van der Waals surface area (Å²) in [6, 6.07) is -1.09. The zero-order valence-electron chi connectivity index (χ0n) is 7.96. The Labute approximate surface area is 81.5 Å². The highest BCUT2D eigenvalue weighted by atomic mass is 16.5. The summed E-state index contributed by atoms with van der Waals surface area (Å²) >= 11 is 0. The Hall–Kier alpha value is -1.26. The number of carbonyl (C=O) groups excluding carboxylic acids is 1. The molecule has 0 bridgehead atoms. The van der Waals surface area contributed by atoms with Gasteiger partial charge in [-0.05, 0) is 31.2 Å². The van der Waals surface area contributed by atoms with Gasteiger partial charge in [0.25, 0.3) is 0 Å². The molecule has 1 rings (SSSR count). The summed E-state index contributed by atoms with van der Waals surface area (Å²) in [5, 5.41) is 12.9. The van der Waals surface area contributed by atoms with Gasteiger partial charge in [0.05, 0.1) is 12.7 Å². The summed E-state index contributed by atoms with van der Waals surface area (Å²) in [6.45, 7) is 1.88. The third-order valence-corrected chi connectivity index (χ3v) is 2.13. The Kier molecular flexibility index (Phi) is 3.73. The number of hydrogen-bond donors (Lipinski definition) is 1. The lowest BCUT2D eigenvalue weighted by molar-refractivity contribution is -0.147. The second kappa shape index (κ2) is 4.83. The topological polar surface area (TPSA) is 95.3 Å². The van der Waals surface area contributed by atoms with Crippen molar-refractivity contribution >= 4 is 5.97 Å². The van der Waals surface area contributed by atoms with E-state index in [0.717, 1.165) is 12.8 Å². The first kappa shape index (κ1) is 10.8. The number of aliphatic hydroxyl groups is 1. The fourth-order valence-corrected chi connectivity index (χ4v) is 1.23. The van der Waals surface area contributed by atoms with Crippen LogP contribution >= 0.6 is 0 Å². The maximum atomic E-state index is 11.3. The molecule has 0 unspecified atom stereocenters. The lowest BCUT2D eigenvalue weighted by Gasteiger charge is -2.15. The number of rotatable bonds is 5. The Morgan fingerprint density at radius 3 is 2.86 bits per heavy atom. The lowest BCUT2D eigenvalue weighted by Crippen LogP contribution is -2.35. The molecule has 0 amide bonds. The number of hydrogen-bond acceptors (Lipinski definition) is 4. The van der Waals surface area contributed by atoms with Crippen LogP contribution in [0.25, 0.3) is 10.4 Å². The zero-order valence-corrected chi connectivity index (χ0v) is 7.96. The van der Waals surface area contributed by atoms with E-state index < -0.39 is 18.1 Å². The summed E-state index contributed by atoms with van der Waals surface area (Å²) in [4.78, 5) is 13.8. The molecule has 6 nitrogen and oxygen atoms in total. The molecule has 1 N–H and O–H groups in total. The van der Waals surface area contributed by atoms with Crippen molar-refractivity contribution < 1.29 is 14.6 Å². The van der Waals surface area contributed by atoms with Crippen LogP contribution in [0.4, 0.5) is 0 Å². The predicted octanol–water partition coefficient (Wildman–Crippen LogP) is 0.999. The molecule has 2 atom stereocenters. The molecule has 0 aromatic carbocycles. The average Bonchev–Trinajstić information content (AvgIpc) is 2.96. The lowest BCUT2D eigenvalue weighted by atomic mass is 10.1. The molecule has 14 heavy (non-hydrogen) atoms. The number of carbonyl (C=O) groups is 1. The second-order valence-corrected chi connectivity index (χ2v) is 3.23. The van der Waals surface area contributed by atoms with E-state index in [2.05, 4.69) is 10.0 Å². The van der Waals surface area contributed by atoms with Crippen LogP contribution in [-0.4, -0.2) is 29.8 Å². The van der Waals surface area contributed by atoms with Crippen LogP contribution in [0.3, 0.4) is 0 Å². The minimum absolute atomic E-state index is 0.0786. The van der Waals surface area contributed by atoms with Gasteiger partial charge in [0.15, 0.2) is 6.04 Å². The highest BCUT2D eigenvalue weighted by Gasteiger charge is 2.38. The average molecular weight is 199 g/mol. The number of aliphatic hydroxyl groups excluding tert-OH is 1. The smallest absolute Gasteiger partial charge is 0.317 e. The van der Waals surface area contributed by atoms with Gasteiger partial charge in [-0.15, -0.1) is 0 Å². The van der Waals surface area contributed by atoms with Gasteiger partial charge in [-0.2, -0.15) is 0 Å². The fraction of sp³-hybridized carbons (Fsp3) is 0.875. The number of azide groups is 1. The highest BCUT2D eigenvalue weighted by molar-refractivity contribution is 5.76. The molecule has 1 aliphatic rings. The van der Waals surface area contributed by atoms with E-state index in [-0.39, 0.29) is 12.5 Å². The molecule has 1 saturated carbocycles. The van der Waals surface area contributed by atoms with E-state index in [1.54, 1.807) is 6.92 Å². The van der Waals surface area contributed by atoms with E-state index in [9.17, 15) is 9.90 Å². The quantitative estimate of drug-likeness (QED) is 0.309. The van der Waals surface area contributed by atoms with Crippen LogP contribution in [0.15, 0.2) is 5.11 Å². The first-order valence-electron chi connectivity index (χ1n) is 4.59. The third-order valence-electron chi connectivity index (χ3n) is 2.13. The number of esters is 1. The van der Waals surface area contributed by atoms with Crippen LogP contribution in [0, 0.1) is 5.92 Å². The van der Waals surface area contributed by atoms with Gasteiger partial charge in [0, 0.05) is 4.91 Å². The molecule has 0 radical (unpaired) electrons. The Morgan fingerprint density at radius 2 is 2.43 bits per heavy atom. The molecule has 0 spiro atoms. The minimum atomic E-state index is -1.09. The van der Waals surface area contributed by atoms with E-state index in [4.69, 9.17) is 10.3 Å². The fourth-order valence-electron chi connectivity index (χ4n) is 1.23. The molecule has 1 fully saturated rings. The molecule has 0 heterocycles. The SMILES string of the molecule is CCOC(=O)[C@@H](N=[N+]=[N-])[C@@H](O)C1CC1. The van der Waals surface area contributed by atoms with E-state index in [1.807, 2.05) is 0 Å². The Balaban J connectivity index is 2.61. The van der Waals surface area contributed by atoms with Gasteiger partial charge in [0.1, 0.15) is 0 Å². The van der Waals surface area contributed by atoms with Crippen LogP contribution in [0.5, 0.6) is 0 Å². The van der Waals surface area contributed by atoms with Gasteiger partial charge >= 0.3 is 5.97 Å². The summed E-state index contributed by atoms with van der Waals surface area (Å²) < 4.78 is 4.69. The summed E-state index contributed by atoms with van der Waals surface area (Å²) in [6.07, 6.45) is 0.848. The maximum Gasteiger partial charge on any atom is 0.317 e. The largest absolute Gasteiger partial charge is 0.466 e. The molecule has 0 aromatic heterocycles. The van der Waals surface area contributed by atoms with Crippen LogP contribution in [-0.2, 0) is 9.53 Å². The number of ether oxygens (including phenoxy) is 1. The van der Waals surface area contributed by atoms with Crippen molar-refractivity contribution in [2.24, 2.45) is 11.0 Å². The maximum absolute atomic E-state index is 11.3. The Bertz CT molecular complexity index is 259. The van der Waals surface area contributed by atoms with E-state index in [1.165, 1.54) is 0 Å². The zero-order chi connectivity index (χ0) is 10.6. The van der Waals surface area contributed by atoms with Crippen LogP contribution in [0.1, 0.15) is 19.8 Å². The summed E-state index contributed by atoms with van der Waals surface area (Å²) in [7, 11) is 0. The van der Waals surface area contributed by atoms with Crippen molar-refractivity contribution in [1.82, 2.24) is 0 Å². The van der Waals surface area contributed by atoms with Crippen molar-refractivity contribution in [3.05, 3.63) is 10.4 Å². The molecule has 78 valence electrons. The van der Waals surface area contributed by atoms with Crippen molar-refractivity contribution in [3.8, 4) is 0 Å². The van der Waals surface area contributed by atoms with Gasteiger partial charge in [0.2, 0.25) is 0 Å². The second-order valence-electron chi connectivity index (χ2n) is 3.23. The van der Waals surface area contributed by atoms with Crippen molar-refractivity contribution in [1.29, 1.82) is 0 Å². The summed E-state index contributed by atoms with van der Waals surface area (Å²) in [5.74, 6) is -0.570. The van der Waals surface area contributed by atoms with Crippen LogP contribution < -0.4 is 0 Å². The first-order chi connectivity index (χ1) is 6.70. The predicted molar refractivity (Wildman–Crippen MR) is 48.3 cm³/mol. The van der Waals surface area contributed by atoms with Gasteiger partial charge in [-0.3, -0.25) is 4.79 Å². The van der Waals surface area contributed by atoms with E-state index >= 15 is 0 Å². The molecular weight excluding hydrogens is 186 g/mol. The van der Waals surface area contributed by atoms with Crippen molar-refractivity contribution in [3.63, 3.8) is 0 Å². The molecule has 1 aliphatic carbocycles. The van der Waals surface area contributed by atoms with Gasteiger partial charge < -0.3 is 9.84 Å². The number of nitrogens with zero attached hydrogens (tertiary/aromatic N) is 3. The minimum Gasteiger partial charge on any atom is -0.466 e. The monoisotopic (exact) mass is 199 g/mol. The summed E-state index contributed by atoms with van der Waals surface area (Å²) in [5.41, 5.74) is 8.24. The standard InChI is InChI=1S/C8H13N3O3/c1-2-14-8(13)6(10-11-9)7(12)5-3-4-5/h5-7,12H,2-4H2,1H3/t6-,7-/m0/s1. The molecule has 0 aromatic rings. The normalized spacial score (nSPS) is 19.3. The molecule has 0 aliphatic heterocycles.